The highest BCUT2D eigenvalue weighted by Gasteiger charge is 2.24. The van der Waals surface area contributed by atoms with E-state index in [2.05, 4.69) is 5.32 Å². The van der Waals surface area contributed by atoms with Gasteiger partial charge in [-0.05, 0) is 54.8 Å². The van der Waals surface area contributed by atoms with E-state index in [1.54, 1.807) is 12.1 Å². The van der Waals surface area contributed by atoms with Gasteiger partial charge in [-0.2, -0.15) is 0 Å². The van der Waals surface area contributed by atoms with Crippen LogP contribution >= 0.6 is 0 Å². The lowest BCUT2D eigenvalue weighted by atomic mass is 10.0. The summed E-state index contributed by atoms with van der Waals surface area (Å²) in [4.78, 5) is 12.1. The molecule has 26 heavy (non-hydrogen) atoms. The number of sulfonamides is 1. The minimum atomic E-state index is -3.37. The number of nitrogens with zero attached hydrogens (tertiary/aromatic N) is 1. The molecule has 0 unspecified atom stereocenters. The normalized spacial score (nSPS) is 13.8. The fraction of sp³-hybridized carbons (Fsp3) is 0.278. The topological polar surface area (TPSA) is 75.7 Å². The number of amides is 1. The molecular formula is C18H19FN2O4S. The summed E-state index contributed by atoms with van der Waals surface area (Å²) in [6.45, 7) is 0.190. The monoisotopic (exact) mass is 378 g/mol. The highest BCUT2D eigenvalue weighted by Crippen LogP contribution is 2.31. The van der Waals surface area contributed by atoms with Gasteiger partial charge in [-0.1, -0.05) is 6.07 Å². The van der Waals surface area contributed by atoms with Crippen molar-refractivity contribution in [2.45, 2.75) is 12.8 Å². The molecule has 138 valence electrons. The second-order valence-electron chi connectivity index (χ2n) is 6.07. The zero-order valence-corrected chi connectivity index (χ0v) is 15.1. The summed E-state index contributed by atoms with van der Waals surface area (Å²) in [5.41, 5.74) is 2.02. The molecular weight excluding hydrogens is 359 g/mol. The summed E-state index contributed by atoms with van der Waals surface area (Å²) >= 11 is 0. The molecule has 2 aromatic carbocycles. The van der Waals surface area contributed by atoms with Gasteiger partial charge in [0.15, 0.2) is 6.61 Å². The third-order valence-electron chi connectivity index (χ3n) is 4.03. The molecule has 0 atom stereocenters. The van der Waals surface area contributed by atoms with Crippen LogP contribution in [-0.4, -0.2) is 33.7 Å². The number of halogens is 1. The van der Waals surface area contributed by atoms with E-state index in [-0.39, 0.29) is 12.4 Å². The Kier molecular flexibility index (Phi) is 5.13. The average molecular weight is 378 g/mol. The van der Waals surface area contributed by atoms with Gasteiger partial charge in [0.1, 0.15) is 11.6 Å². The van der Waals surface area contributed by atoms with Crippen molar-refractivity contribution in [3.8, 4) is 5.75 Å². The van der Waals surface area contributed by atoms with E-state index in [9.17, 15) is 17.6 Å². The van der Waals surface area contributed by atoms with Crippen LogP contribution in [-0.2, 0) is 21.2 Å². The van der Waals surface area contributed by atoms with E-state index < -0.39 is 15.9 Å². The summed E-state index contributed by atoms with van der Waals surface area (Å²) in [5.74, 6) is -0.391. The lowest BCUT2D eigenvalue weighted by Gasteiger charge is -2.29. The Balaban J connectivity index is 1.68. The Labute approximate surface area is 151 Å². The number of anilines is 2. The second-order valence-corrected chi connectivity index (χ2v) is 7.98. The number of benzene rings is 2. The SMILES string of the molecule is CS(=O)(=O)N1CCCc2ccc(NC(=O)COc3ccc(F)cc3)cc21. The summed E-state index contributed by atoms with van der Waals surface area (Å²) in [7, 11) is -3.37. The zero-order valence-electron chi connectivity index (χ0n) is 14.2. The summed E-state index contributed by atoms with van der Waals surface area (Å²) in [5, 5.41) is 2.69. The molecule has 1 aliphatic heterocycles. The van der Waals surface area contributed by atoms with Gasteiger partial charge in [0.05, 0.1) is 11.9 Å². The van der Waals surface area contributed by atoms with Crippen molar-refractivity contribution in [3.05, 3.63) is 53.8 Å². The van der Waals surface area contributed by atoms with Gasteiger partial charge in [-0.15, -0.1) is 0 Å². The third kappa shape index (κ3) is 4.32. The van der Waals surface area contributed by atoms with Gasteiger partial charge in [-0.3, -0.25) is 9.10 Å². The Bertz CT molecular complexity index is 913. The Morgan fingerprint density at radius 2 is 1.96 bits per heavy atom. The number of fused-ring (bicyclic) bond motifs is 1. The van der Waals surface area contributed by atoms with Crippen LogP contribution in [0.25, 0.3) is 0 Å². The molecule has 0 bridgehead atoms. The fourth-order valence-electron chi connectivity index (χ4n) is 2.84. The van der Waals surface area contributed by atoms with Gasteiger partial charge in [-0.25, -0.2) is 12.8 Å². The molecule has 0 saturated heterocycles. The van der Waals surface area contributed by atoms with Crippen molar-refractivity contribution in [1.29, 1.82) is 0 Å². The number of hydrogen-bond acceptors (Lipinski definition) is 4. The molecule has 1 N–H and O–H groups in total. The predicted molar refractivity (Wildman–Crippen MR) is 97.5 cm³/mol. The van der Waals surface area contributed by atoms with E-state index in [0.29, 0.717) is 23.7 Å². The molecule has 0 spiro atoms. The lowest BCUT2D eigenvalue weighted by Crippen LogP contribution is -2.34. The molecule has 8 heteroatoms. The number of aryl methyl sites for hydroxylation is 1. The molecule has 0 aliphatic carbocycles. The first kappa shape index (κ1) is 18.2. The Morgan fingerprint density at radius 3 is 2.65 bits per heavy atom. The van der Waals surface area contributed by atoms with E-state index in [1.165, 1.54) is 34.8 Å². The maximum absolute atomic E-state index is 12.8. The number of carbonyl (C=O) groups excluding carboxylic acids is 1. The molecule has 2 aromatic rings. The Morgan fingerprint density at radius 1 is 1.23 bits per heavy atom. The zero-order chi connectivity index (χ0) is 18.7. The summed E-state index contributed by atoms with van der Waals surface area (Å²) in [6, 6.07) is 10.6. The van der Waals surface area contributed by atoms with Crippen LogP contribution in [0, 0.1) is 5.82 Å². The average Bonchev–Trinajstić information content (AvgIpc) is 2.60. The number of ether oxygens (including phenoxy) is 1. The third-order valence-corrected chi connectivity index (χ3v) is 5.21. The van der Waals surface area contributed by atoms with Gasteiger partial charge in [0.25, 0.3) is 5.91 Å². The van der Waals surface area contributed by atoms with E-state index in [1.807, 2.05) is 6.07 Å². The Hall–Kier alpha value is -2.61. The number of rotatable bonds is 5. The minimum absolute atomic E-state index is 0.238. The molecule has 1 aliphatic rings. The minimum Gasteiger partial charge on any atom is -0.484 e. The molecule has 1 heterocycles. The molecule has 6 nitrogen and oxygen atoms in total. The molecule has 0 aromatic heterocycles. The van der Waals surface area contributed by atoms with Crippen LogP contribution in [0.2, 0.25) is 0 Å². The van der Waals surface area contributed by atoms with Gasteiger partial charge >= 0.3 is 0 Å². The van der Waals surface area contributed by atoms with Crippen LogP contribution in [0.3, 0.4) is 0 Å². The highest BCUT2D eigenvalue weighted by molar-refractivity contribution is 7.92. The van der Waals surface area contributed by atoms with E-state index >= 15 is 0 Å². The quantitative estimate of drug-likeness (QED) is 0.868. The fourth-order valence-corrected chi connectivity index (χ4v) is 3.83. The lowest BCUT2D eigenvalue weighted by molar-refractivity contribution is -0.118. The van der Waals surface area contributed by atoms with Crippen LogP contribution in [0.1, 0.15) is 12.0 Å². The number of carbonyl (C=O) groups is 1. The van der Waals surface area contributed by atoms with Crippen LogP contribution in [0.4, 0.5) is 15.8 Å². The van der Waals surface area contributed by atoms with Crippen molar-refractivity contribution >= 4 is 27.3 Å². The summed E-state index contributed by atoms with van der Waals surface area (Å²) in [6.07, 6.45) is 2.73. The second kappa shape index (κ2) is 7.33. The predicted octanol–water partition coefficient (Wildman–Crippen LogP) is 2.56. The summed E-state index contributed by atoms with van der Waals surface area (Å²) < 4.78 is 43.4. The van der Waals surface area contributed by atoms with E-state index in [0.717, 1.165) is 18.4 Å². The van der Waals surface area contributed by atoms with Crippen molar-refractivity contribution in [2.75, 3.05) is 29.0 Å². The largest absolute Gasteiger partial charge is 0.484 e. The van der Waals surface area contributed by atoms with Crippen LogP contribution < -0.4 is 14.4 Å². The molecule has 1 amide bonds. The highest BCUT2D eigenvalue weighted by atomic mass is 32.2. The first-order chi connectivity index (χ1) is 12.3. The molecule has 0 radical (unpaired) electrons. The van der Waals surface area contributed by atoms with Gasteiger partial charge in [0.2, 0.25) is 10.0 Å². The van der Waals surface area contributed by atoms with Crippen LogP contribution in [0.5, 0.6) is 5.75 Å². The smallest absolute Gasteiger partial charge is 0.262 e. The van der Waals surface area contributed by atoms with Crippen molar-refractivity contribution < 1.29 is 22.3 Å². The first-order valence-electron chi connectivity index (χ1n) is 8.12. The maximum Gasteiger partial charge on any atom is 0.262 e. The number of hydrogen-bond donors (Lipinski definition) is 1. The van der Waals surface area contributed by atoms with Gasteiger partial charge in [0, 0.05) is 12.2 Å². The maximum atomic E-state index is 12.8. The van der Waals surface area contributed by atoms with Gasteiger partial charge < -0.3 is 10.1 Å². The molecule has 0 fully saturated rings. The van der Waals surface area contributed by atoms with E-state index in [4.69, 9.17) is 4.74 Å². The molecule has 0 saturated carbocycles. The van der Waals surface area contributed by atoms with Crippen molar-refractivity contribution in [2.24, 2.45) is 0 Å². The standard InChI is InChI=1S/C18H19FN2O4S/c1-26(23,24)21-10-2-3-13-4-7-15(11-17(13)21)20-18(22)12-25-16-8-5-14(19)6-9-16/h4-9,11H,2-3,10,12H2,1H3,(H,20,22). The van der Waals surface area contributed by atoms with Crippen molar-refractivity contribution in [3.63, 3.8) is 0 Å². The van der Waals surface area contributed by atoms with Crippen molar-refractivity contribution in [1.82, 2.24) is 0 Å². The van der Waals surface area contributed by atoms with Crippen LogP contribution in [0.15, 0.2) is 42.5 Å². The first-order valence-corrected chi connectivity index (χ1v) is 9.96. The molecule has 3 rings (SSSR count). The number of nitrogens with one attached hydrogen (secondary N) is 1.